The summed E-state index contributed by atoms with van der Waals surface area (Å²) >= 11 is 1.48. The Hall–Kier alpha value is -4.64. The van der Waals surface area contributed by atoms with Gasteiger partial charge in [-0.1, -0.05) is 12.1 Å². The Morgan fingerprint density at radius 3 is 2.59 bits per heavy atom. The number of rotatable bonds is 3. The lowest BCUT2D eigenvalue weighted by Gasteiger charge is -2.21. The lowest BCUT2D eigenvalue weighted by Crippen LogP contribution is -2.45. The molecule has 0 spiro atoms. The Balaban J connectivity index is 1.28. The molecule has 4 bridgehead atoms. The van der Waals surface area contributed by atoms with E-state index in [1.165, 1.54) is 30.6 Å². The zero-order chi connectivity index (χ0) is 28.3. The van der Waals surface area contributed by atoms with Crippen molar-refractivity contribution in [3.8, 4) is 28.5 Å². The molecule has 4 aromatic rings. The summed E-state index contributed by atoms with van der Waals surface area (Å²) in [7, 11) is 1.50. The van der Waals surface area contributed by atoms with Crippen LogP contribution >= 0.6 is 11.3 Å². The summed E-state index contributed by atoms with van der Waals surface area (Å²) in [6.45, 7) is 1.08. The number of fused-ring (bicyclic) bond motifs is 7. The SMILES string of the molecule is COc1ccc2cc1OCC(=O)NCc1ccc(cc1)O[C@H]1CN(c3nc(-c4ccc(F)cc4)cs3)C[C@@H]1NC2=O. The third kappa shape index (κ3) is 5.94. The van der Waals surface area contributed by atoms with Gasteiger partial charge >= 0.3 is 0 Å². The average Bonchev–Trinajstić information content (AvgIpc) is 3.63. The predicted molar refractivity (Wildman–Crippen MR) is 152 cm³/mol. The summed E-state index contributed by atoms with van der Waals surface area (Å²) in [5.74, 6) is 0.445. The van der Waals surface area contributed by atoms with Gasteiger partial charge in [-0.3, -0.25) is 9.59 Å². The first kappa shape index (κ1) is 26.6. The number of amides is 2. The topological polar surface area (TPSA) is 102 Å². The van der Waals surface area contributed by atoms with E-state index in [1.807, 2.05) is 29.6 Å². The highest BCUT2D eigenvalue weighted by Crippen LogP contribution is 2.32. The van der Waals surface area contributed by atoms with Crippen LogP contribution in [0.3, 0.4) is 0 Å². The van der Waals surface area contributed by atoms with Gasteiger partial charge in [-0.25, -0.2) is 9.37 Å². The van der Waals surface area contributed by atoms with Crippen LogP contribution in [0.25, 0.3) is 11.3 Å². The van der Waals surface area contributed by atoms with E-state index < -0.39 is 0 Å². The number of halogens is 1. The molecule has 210 valence electrons. The molecule has 11 heteroatoms. The second-order valence-electron chi connectivity index (χ2n) is 9.74. The molecule has 4 heterocycles. The number of methoxy groups -OCH3 is 1. The molecule has 0 saturated carbocycles. The average molecular weight is 575 g/mol. The van der Waals surface area contributed by atoms with Crippen molar-refractivity contribution in [2.75, 3.05) is 31.7 Å². The van der Waals surface area contributed by atoms with Gasteiger partial charge in [0, 0.05) is 29.6 Å². The van der Waals surface area contributed by atoms with E-state index >= 15 is 0 Å². The molecular formula is C30H27FN4O5S. The van der Waals surface area contributed by atoms with E-state index in [0.29, 0.717) is 42.4 Å². The molecule has 3 aliphatic rings. The molecule has 3 aromatic carbocycles. The molecule has 2 N–H and O–H groups in total. The van der Waals surface area contributed by atoms with Gasteiger partial charge in [0.25, 0.3) is 11.8 Å². The lowest BCUT2D eigenvalue weighted by atomic mass is 10.1. The van der Waals surface area contributed by atoms with Gasteiger partial charge in [-0.2, -0.15) is 0 Å². The second-order valence-corrected chi connectivity index (χ2v) is 10.6. The smallest absolute Gasteiger partial charge is 0.258 e. The number of nitrogens with one attached hydrogen (secondary N) is 2. The van der Waals surface area contributed by atoms with Crippen molar-refractivity contribution >= 4 is 28.3 Å². The van der Waals surface area contributed by atoms with Crippen LogP contribution in [0.15, 0.2) is 72.1 Å². The van der Waals surface area contributed by atoms with Crippen molar-refractivity contribution in [2.45, 2.75) is 18.7 Å². The van der Waals surface area contributed by atoms with Gasteiger partial charge in [-0.15, -0.1) is 11.3 Å². The van der Waals surface area contributed by atoms with Crippen molar-refractivity contribution in [1.29, 1.82) is 0 Å². The number of nitrogens with zero attached hydrogens (tertiary/aromatic N) is 2. The normalized spacial score (nSPS) is 18.9. The first-order valence-corrected chi connectivity index (χ1v) is 13.9. The Bertz CT molecular complexity index is 1560. The number of carbonyl (C=O) groups is 2. The third-order valence-corrected chi connectivity index (χ3v) is 7.87. The standard InChI is InChI=1S/C30H27FN4O5S/c1-38-25-11-6-20-12-26(25)39-16-28(36)32-13-18-2-9-22(10-3-18)40-27-15-35(14-23(27)33-29(20)37)30-34-24(17-41-30)19-4-7-21(31)8-5-19/h2-12,17,23,27H,13-16H2,1H3,(H,32,36)(H,33,37)/t23-,27-/m0/s1. The van der Waals surface area contributed by atoms with Gasteiger partial charge in [0.2, 0.25) is 0 Å². The minimum absolute atomic E-state index is 0.226. The lowest BCUT2D eigenvalue weighted by molar-refractivity contribution is -0.123. The molecule has 1 fully saturated rings. The molecule has 1 aromatic heterocycles. The molecule has 3 aliphatic heterocycles. The Labute approximate surface area is 239 Å². The molecule has 0 unspecified atom stereocenters. The maximum Gasteiger partial charge on any atom is 0.258 e. The quantitative estimate of drug-likeness (QED) is 0.381. The summed E-state index contributed by atoms with van der Waals surface area (Å²) in [6, 6.07) is 18.2. The molecule has 0 radical (unpaired) electrons. The monoisotopic (exact) mass is 574 g/mol. The number of benzene rings is 3. The summed E-state index contributed by atoms with van der Waals surface area (Å²) in [5, 5.41) is 8.66. The molecule has 41 heavy (non-hydrogen) atoms. The van der Waals surface area contributed by atoms with E-state index in [-0.39, 0.29) is 36.4 Å². The van der Waals surface area contributed by atoms with Crippen LogP contribution in [0.5, 0.6) is 17.2 Å². The third-order valence-electron chi connectivity index (χ3n) is 6.97. The van der Waals surface area contributed by atoms with Crippen molar-refractivity contribution in [2.24, 2.45) is 0 Å². The molecule has 2 amide bonds. The molecule has 2 atom stereocenters. The molecule has 7 rings (SSSR count). The fourth-order valence-electron chi connectivity index (χ4n) is 4.79. The van der Waals surface area contributed by atoms with Crippen LogP contribution in [0, 0.1) is 5.82 Å². The first-order valence-electron chi connectivity index (χ1n) is 13.1. The fraction of sp³-hybridized carbons (Fsp3) is 0.233. The van der Waals surface area contributed by atoms with Crippen LogP contribution in [0.2, 0.25) is 0 Å². The van der Waals surface area contributed by atoms with Crippen molar-refractivity contribution in [1.82, 2.24) is 15.6 Å². The van der Waals surface area contributed by atoms with Crippen LogP contribution in [-0.4, -0.2) is 55.8 Å². The van der Waals surface area contributed by atoms with Crippen LogP contribution in [-0.2, 0) is 11.3 Å². The number of anilines is 1. The van der Waals surface area contributed by atoms with E-state index in [9.17, 15) is 14.0 Å². The van der Waals surface area contributed by atoms with Crippen molar-refractivity contribution < 1.29 is 28.2 Å². The van der Waals surface area contributed by atoms with E-state index in [0.717, 1.165) is 22.0 Å². The Kier molecular flexibility index (Phi) is 7.43. The number of aromatic nitrogens is 1. The number of ether oxygens (including phenoxy) is 3. The van der Waals surface area contributed by atoms with Gasteiger partial charge < -0.3 is 29.7 Å². The maximum atomic E-state index is 13.4. The molecular weight excluding hydrogens is 547 g/mol. The highest BCUT2D eigenvalue weighted by Gasteiger charge is 2.37. The first-order chi connectivity index (χ1) is 19.9. The molecule has 1 saturated heterocycles. The highest BCUT2D eigenvalue weighted by atomic mass is 32.1. The maximum absolute atomic E-state index is 13.4. The highest BCUT2D eigenvalue weighted by molar-refractivity contribution is 7.14. The predicted octanol–water partition coefficient (Wildman–Crippen LogP) is 4.03. The Morgan fingerprint density at radius 1 is 1.02 bits per heavy atom. The summed E-state index contributed by atoms with van der Waals surface area (Å²) in [5.41, 5.74) is 2.85. The Morgan fingerprint density at radius 2 is 1.80 bits per heavy atom. The number of thiazole rings is 1. The minimum Gasteiger partial charge on any atom is -0.493 e. The zero-order valence-electron chi connectivity index (χ0n) is 22.1. The largest absolute Gasteiger partial charge is 0.493 e. The van der Waals surface area contributed by atoms with Gasteiger partial charge in [-0.05, 0) is 60.2 Å². The van der Waals surface area contributed by atoms with Gasteiger partial charge in [0.05, 0.1) is 25.4 Å². The van der Waals surface area contributed by atoms with Crippen molar-refractivity contribution in [3.05, 3.63) is 89.1 Å². The number of hydrogen-bond acceptors (Lipinski definition) is 8. The summed E-state index contributed by atoms with van der Waals surface area (Å²) in [4.78, 5) is 32.6. The van der Waals surface area contributed by atoms with E-state index in [4.69, 9.17) is 19.2 Å². The number of hydrogen-bond donors (Lipinski definition) is 2. The van der Waals surface area contributed by atoms with Crippen LogP contribution in [0.1, 0.15) is 15.9 Å². The second kappa shape index (κ2) is 11.5. The van der Waals surface area contributed by atoms with Crippen molar-refractivity contribution in [3.63, 3.8) is 0 Å². The molecule has 9 nitrogen and oxygen atoms in total. The summed E-state index contributed by atoms with van der Waals surface area (Å²) in [6.07, 6.45) is -0.368. The van der Waals surface area contributed by atoms with E-state index in [1.54, 1.807) is 30.3 Å². The summed E-state index contributed by atoms with van der Waals surface area (Å²) < 4.78 is 30.9. The minimum atomic E-state index is -0.368. The zero-order valence-corrected chi connectivity index (χ0v) is 22.9. The van der Waals surface area contributed by atoms with E-state index in [2.05, 4.69) is 15.5 Å². The van der Waals surface area contributed by atoms with Gasteiger partial charge in [0.15, 0.2) is 23.2 Å². The van der Waals surface area contributed by atoms with Crippen LogP contribution < -0.4 is 29.7 Å². The molecule has 0 aliphatic carbocycles. The van der Waals surface area contributed by atoms with Crippen LogP contribution in [0.4, 0.5) is 9.52 Å². The fourth-order valence-corrected chi connectivity index (χ4v) is 5.64. The van der Waals surface area contributed by atoms with Gasteiger partial charge in [0.1, 0.15) is 17.7 Å². The number of carbonyl (C=O) groups excluding carboxylic acids is 2.